The fraction of sp³-hybridized carbons (Fsp3) is 0.360. The van der Waals surface area contributed by atoms with Gasteiger partial charge in [0.15, 0.2) is 11.5 Å². The number of methoxy groups -OCH3 is 2. The van der Waals surface area contributed by atoms with E-state index in [1.807, 2.05) is 14.1 Å². The summed E-state index contributed by atoms with van der Waals surface area (Å²) in [4.78, 5) is 29.0. The van der Waals surface area contributed by atoms with E-state index in [1.54, 1.807) is 36.4 Å². The van der Waals surface area contributed by atoms with Crippen LogP contribution >= 0.6 is 0 Å². The van der Waals surface area contributed by atoms with Gasteiger partial charge < -0.3 is 33.9 Å². The fourth-order valence-corrected chi connectivity index (χ4v) is 4.18. The smallest absolute Gasteiger partial charge is 0.295 e. The maximum Gasteiger partial charge on any atom is 0.295 e. The summed E-state index contributed by atoms with van der Waals surface area (Å²) in [7, 11) is 6.98. The minimum Gasteiger partial charge on any atom is -0.507 e. The van der Waals surface area contributed by atoms with Crippen LogP contribution in [0.2, 0.25) is 0 Å². The molecule has 2 aliphatic heterocycles. The summed E-state index contributed by atoms with van der Waals surface area (Å²) < 4.78 is 22.1. The van der Waals surface area contributed by atoms with Crippen LogP contribution in [0.4, 0.5) is 0 Å². The number of likely N-dealkylation sites (N-methyl/N-ethyl adjacent to an activating group) is 1. The number of carbonyl (C=O) groups excluding carboxylic acids is 2. The van der Waals surface area contributed by atoms with Gasteiger partial charge in [0.25, 0.3) is 11.7 Å². The molecular weight excluding hydrogens is 440 g/mol. The Labute approximate surface area is 198 Å². The van der Waals surface area contributed by atoms with E-state index in [4.69, 9.17) is 18.9 Å². The molecule has 1 unspecified atom stereocenters. The number of nitrogens with one attached hydrogen (secondary N) is 1. The number of carbonyl (C=O) groups is 2. The van der Waals surface area contributed by atoms with Crippen molar-refractivity contribution in [2.75, 3.05) is 54.6 Å². The summed E-state index contributed by atoms with van der Waals surface area (Å²) in [6.45, 7) is 1.75. The standard InChI is InChI=1S/C25H28N2O7/c1-26(2)9-10-27-22(17-14-16(31-3)6-8-18(17)32-4)21(24(29)25(27)30)23(28)15-5-7-19-20(13-15)34-12-11-33-19/h5-8,13-14,22,28H,9-12H2,1-4H3/p+1. The second-order valence-corrected chi connectivity index (χ2v) is 8.42. The number of quaternary nitrogens is 1. The highest BCUT2D eigenvalue weighted by Crippen LogP contribution is 2.44. The van der Waals surface area contributed by atoms with E-state index in [0.717, 1.165) is 4.90 Å². The highest BCUT2D eigenvalue weighted by atomic mass is 16.6. The molecule has 0 bridgehead atoms. The van der Waals surface area contributed by atoms with Crippen LogP contribution in [0, 0.1) is 0 Å². The number of hydrogen-bond donors (Lipinski definition) is 2. The SMILES string of the molecule is COc1ccc(OC)c(C2C(=C(O)c3ccc4c(c3)OCCO4)C(=O)C(=O)N2CC[NH+](C)C)c1. The average molecular weight is 470 g/mol. The van der Waals surface area contributed by atoms with Crippen molar-refractivity contribution in [1.82, 2.24) is 4.90 Å². The summed E-state index contributed by atoms with van der Waals surface area (Å²) in [5, 5.41) is 11.3. The van der Waals surface area contributed by atoms with Crippen LogP contribution in [0.15, 0.2) is 42.0 Å². The third-order valence-corrected chi connectivity index (χ3v) is 5.94. The van der Waals surface area contributed by atoms with Gasteiger partial charge in [-0.25, -0.2) is 0 Å². The van der Waals surface area contributed by atoms with Crippen LogP contribution in [0.1, 0.15) is 17.2 Å². The number of aliphatic hydroxyl groups excluding tert-OH is 1. The summed E-state index contributed by atoms with van der Waals surface area (Å²) in [6.07, 6.45) is 0. The number of benzene rings is 2. The molecule has 4 rings (SSSR count). The number of ether oxygens (including phenoxy) is 4. The van der Waals surface area contributed by atoms with Gasteiger partial charge in [-0.05, 0) is 36.4 Å². The first-order valence-electron chi connectivity index (χ1n) is 11.0. The van der Waals surface area contributed by atoms with E-state index in [-0.39, 0.29) is 11.3 Å². The molecule has 9 nitrogen and oxygen atoms in total. The van der Waals surface area contributed by atoms with Crippen LogP contribution in [-0.2, 0) is 9.59 Å². The van der Waals surface area contributed by atoms with Crippen molar-refractivity contribution in [2.45, 2.75) is 6.04 Å². The maximum atomic E-state index is 13.3. The van der Waals surface area contributed by atoms with Gasteiger partial charge in [-0.2, -0.15) is 0 Å². The number of Topliss-reactive ketones (excluding diaryl/α,β-unsaturated/α-hetero) is 1. The Hall–Kier alpha value is -3.72. The Morgan fingerprint density at radius 1 is 1.06 bits per heavy atom. The Balaban J connectivity index is 1.89. The monoisotopic (exact) mass is 469 g/mol. The van der Waals surface area contributed by atoms with Crippen LogP contribution in [0.25, 0.3) is 5.76 Å². The number of ketones is 1. The third kappa shape index (κ3) is 4.26. The molecule has 1 fully saturated rings. The molecule has 1 atom stereocenters. The van der Waals surface area contributed by atoms with E-state index in [2.05, 4.69) is 0 Å². The van der Waals surface area contributed by atoms with Gasteiger partial charge >= 0.3 is 0 Å². The number of likely N-dealkylation sites (tertiary alicyclic amines) is 1. The van der Waals surface area contributed by atoms with Gasteiger partial charge in [-0.15, -0.1) is 0 Å². The number of fused-ring (bicyclic) bond motifs is 1. The van der Waals surface area contributed by atoms with Crippen molar-refractivity contribution in [3.05, 3.63) is 53.1 Å². The highest BCUT2D eigenvalue weighted by molar-refractivity contribution is 6.46. The van der Waals surface area contributed by atoms with Crippen molar-refractivity contribution in [3.8, 4) is 23.0 Å². The third-order valence-electron chi connectivity index (χ3n) is 5.94. The zero-order valence-electron chi connectivity index (χ0n) is 19.7. The van der Waals surface area contributed by atoms with Gasteiger partial charge in [-0.1, -0.05) is 0 Å². The molecule has 2 aromatic rings. The molecule has 0 aromatic heterocycles. The molecule has 2 N–H and O–H groups in total. The van der Waals surface area contributed by atoms with E-state index >= 15 is 0 Å². The topological polar surface area (TPSA) is 99.0 Å². The lowest BCUT2D eigenvalue weighted by Crippen LogP contribution is -3.06. The molecule has 34 heavy (non-hydrogen) atoms. The second-order valence-electron chi connectivity index (χ2n) is 8.42. The average Bonchev–Trinajstić information content (AvgIpc) is 3.10. The summed E-state index contributed by atoms with van der Waals surface area (Å²) in [5.41, 5.74) is 0.892. The fourth-order valence-electron chi connectivity index (χ4n) is 4.18. The molecule has 0 saturated carbocycles. The molecule has 1 amide bonds. The molecule has 2 aromatic carbocycles. The molecule has 1 saturated heterocycles. The number of aliphatic hydroxyl groups is 1. The van der Waals surface area contributed by atoms with Gasteiger partial charge in [0.1, 0.15) is 30.5 Å². The van der Waals surface area contributed by atoms with Crippen LogP contribution in [0.3, 0.4) is 0 Å². The van der Waals surface area contributed by atoms with Crippen molar-refractivity contribution in [1.29, 1.82) is 0 Å². The molecule has 0 radical (unpaired) electrons. The number of hydrogen-bond acceptors (Lipinski definition) is 7. The van der Waals surface area contributed by atoms with Gasteiger partial charge in [0.05, 0.1) is 53.0 Å². The first-order valence-corrected chi connectivity index (χ1v) is 11.0. The summed E-state index contributed by atoms with van der Waals surface area (Å²) in [6, 6.07) is 9.26. The van der Waals surface area contributed by atoms with Crippen LogP contribution in [-0.4, -0.2) is 76.3 Å². The summed E-state index contributed by atoms with van der Waals surface area (Å²) >= 11 is 0. The Morgan fingerprint density at radius 3 is 2.47 bits per heavy atom. The highest BCUT2D eigenvalue weighted by Gasteiger charge is 2.47. The van der Waals surface area contributed by atoms with E-state index < -0.39 is 17.7 Å². The quantitative estimate of drug-likeness (QED) is 0.355. The van der Waals surface area contributed by atoms with E-state index in [9.17, 15) is 14.7 Å². The van der Waals surface area contributed by atoms with Gasteiger partial charge in [0.2, 0.25) is 0 Å². The Morgan fingerprint density at radius 2 is 1.79 bits per heavy atom. The molecule has 180 valence electrons. The predicted molar refractivity (Wildman–Crippen MR) is 124 cm³/mol. The minimum absolute atomic E-state index is 0.0120. The molecule has 2 aliphatic rings. The van der Waals surface area contributed by atoms with Crippen molar-refractivity contribution < 1.29 is 38.5 Å². The zero-order valence-corrected chi connectivity index (χ0v) is 19.7. The second kappa shape index (κ2) is 9.64. The van der Waals surface area contributed by atoms with Crippen molar-refractivity contribution in [2.24, 2.45) is 0 Å². The van der Waals surface area contributed by atoms with Crippen LogP contribution < -0.4 is 23.8 Å². The maximum absolute atomic E-state index is 13.3. The Bertz CT molecular complexity index is 1140. The first-order chi connectivity index (χ1) is 16.3. The first kappa shape index (κ1) is 23.4. The van der Waals surface area contributed by atoms with E-state index in [0.29, 0.717) is 60.4 Å². The molecular formula is C25H29N2O7+. The number of nitrogens with zero attached hydrogens (tertiary/aromatic N) is 1. The largest absolute Gasteiger partial charge is 0.507 e. The predicted octanol–water partition coefficient (Wildman–Crippen LogP) is 1.04. The van der Waals surface area contributed by atoms with Crippen molar-refractivity contribution in [3.63, 3.8) is 0 Å². The lowest BCUT2D eigenvalue weighted by Gasteiger charge is -2.27. The minimum atomic E-state index is -0.849. The Kier molecular flexibility index (Phi) is 6.65. The summed E-state index contributed by atoms with van der Waals surface area (Å²) in [5.74, 6) is 0.331. The van der Waals surface area contributed by atoms with E-state index in [1.165, 1.54) is 19.1 Å². The number of rotatable bonds is 7. The molecule has 9 heteroatoms. The molecule has 0 aliphatic carbocycles. The van der Waals surface area contributed by atoms with Crippen molar-refractivity contribution >= 4 is 17.4 Å². The number of amides is 1. The van der Waals surface area contributed by atoms with Gasteiger partial charge in [0, 0.05) is 11.1 Å². The lowest BCUT2D eigenvalue weighted by atomic mass is 9.94. The normalized spacial score (nSPS) is 19.0. The van der Waals surface area contributed by atoms with Crippen LogP contribution in [0.5, 0.6) is 23.0 Å². The van der Waals surface area contributed by atoms with Gasteiger partial charge in [-0.3, -0.25) is 9.59 Å². The molecule has 0 spiro atoms. The lowest BCUT2D eigenvalue weighted by molar-refractivity contribution is -0.857. The zero-order chi connectivity index (χ0) is 24.4. The molecule has 2 heterocycles.